The molecule has 1 aromatic carbocycles. The fourth-order valence-corrected chi connectivity index (χ4v) is 3.97. The van der Waals surface area contributed by atoms with Crippen molar-refractivity contribution in [3.05, 3.63) is 90.1 Å². The first kappa shape index (κ1) is 17.7. The number of aromatic amines is 1. The number of nitrogens with one attached hydrogen (secondary N) is 1. The number of para-hydroxylation sites is 1. The van der Waals surface area contributed by atoms with Crippen LogP contribution in [0, 0.1) is 0 Å². The molecule has 1 saturated carbocycles. The SMILES string of the molecule is O=C(c1cccn1C1CC1)N(CCc1c[nH]c2ccccc12)Cc1cccnc1. The van der Waals surface area contributed by atoms with E-state index in [0.717, 1.165) is 36.0 Å². The normalized spacial score (nSPS) is 13.7. The molecule has 146 valence electrons. The van der Waals surface area contributed by atoms with Gasteiger partial charge in [-0.2, -0.15) is 0 Å². The summed E-state index contributed by atoms with van der Waals surface area (Å²) in [7, 11) is 0. The monoisotopic (exact) mass is 384 g/mol. The Labute approximate surface area is 170 Å². The van der Waals surface area contributed by atoms with Gasteiger partial charge >= 0.3 is 0 Å². The summed E-state index contributed by atoms with van der Waals surface area (Å²) in [5, 5.41) is 1.22. The van der Waals surface area contributed by atoms with Crippen molar-refractivity contribution in [2.24, 2.45) is 0 Å². The van der Waals surface area contributed by atoms with E-state index in [4.69, 9.17) is 0 Å². The van der Waals surface area contributed by atoms with Crippen molar-refractivity contribution >= 4 is 16.8 Å². The molecule has 0 saturated heterocycles. The standard InChI is InChI=1S/C24H24N4O/c29-24(23-8-4-13-28(23)20-9-10-20)27(17-18-5-3-12-25-15-18)14-11-19-16-26-22-7-2-1-6-21(19)22/h1-8,12-13,15-16,20,26H,9-11,14,17H2. The average molecular weight is 384 g/mol. The van der Waals surface area contributed by atoms with Gasteiger partial charge in [-0.05, 0) is 54.7 Å². The fraction of sp³-hybridized carbons (Fsp3) is 0.250. The first-order chi connectivity index (χ1) is 14.3. The van der Waals surface area contributed by atoms with E-state index in [1.165, 1.54) is 10.9 Å². The molecule has 1 N–H and O–H groups in total. The number of H-pyrrole nitrogens is 1. The minimum atomic E-state index is 0.0885. The Kier molecular flexibility index (Phi) is 4.64. The van der Waals surface area contributed by atoms with Gasteiger partial charge < -0.3 is 14.5 Å². The Morgan fingerprint density at radius 3 is 2.86 bits per heavy atom. The summed E-state index contributed by atoms with van der Waals surface area (Å²) >= 11 is 0. The van der Waals surface area contributed by atoms with Crippen molar-refractivity contribution in [3.8, 4) is 0 Å². The van der Waals surface area contributed by atoms with Crippen molar-refractivity contribution in [2.45, 2.75) is 31.8 Å². The average Bonchev–Trinajstić information content (AvgIpc) is 3.34. The van der Waals surface area contributed by atoms with Crippen LogP contribution in [0.5, 0.6) is 0 Å². The van der Waals surface area contributed by atoms with Gasteiger partial charge in [-0.3, -0.25) is 9.78 Å². The van der Waals surface area contributed by atoms with Crippen LogP contribution in [0.4, 0.5) is 0 Å². The molecule has 0 unspecified atom stereocenters. The van der Waals surface area contributed by atoms with E-state index in [-0.39, 0.29) is 5.91 Å². The molecule has 0 bridgehead atoms. The lowest BCUT2D eigenvalue weighted by Crippen LogP contribution is -2.33. The first-order valence-corrected chi connectivity index (χ1v) is 10.2. The number of pyridine rings is 1. The van der Waals surface area contributed by atoms with E-state index in [2.05, 4.69) is 38.9 Å². The number of carbonyl (C=O) groups is 1. The van der Waals surface area contributed by atoms with Crippen LogP contribution < -0.4 is 0 Å². The Morgan fingerprint density at radius 1 is 1.14 bits per heavy atom. The highest BCUT2D eigenvalue weighted by molar-refractivity contribution is 5.93. The number of benzene rings is 1. The molecule has 5 nitrogen and oxygen atoms in total. The fourth-order valence-electron chi connectivity index (χ4n) is 3.97. The molecule has 29 heavy (non-hydrogen) atoms. The lowest BCUT2D eigenvalue weighted by molar-refractivity contribution is 0.0734. The summed E-state index contributed by atoms with van der Waals surface area (Å²) in [4.78, 5) is 23.0. The molecule has 0 aliphatic heterocycles. The summed E-state index contributed by atoms with van der Waals surface area (Å²) in [5.41, 5.74) is 4.21. The van der Waals surface area contributed by atoms with E-state index >= 15 is 0 Å². The van der Waals surface area contributed by atoms with Gasteiger partial charge in [0.2, 0.25) is 0 Å². The van der Waals surface area contributed by atoms with E-state index in [1.807, 2.05) is 47.6 Å². The number of nitrogens with zero attached hydrogens (tertiary/aromatic N) is 3. The van der Waals surface area contributed by atoms with Gasteiger partial charge in [0, 0.05) is 54.8 Å². The van der Waals surface area contributed by atoms with Gasteiger partial charge in [0.1, 0.15) is 5.69 Å². The third-order valence-electron chi connectivity index (χ3n) is 5.65. The summed E-state index contributed by atoms with van der Waals surface area (Å²) in [6.45, 7) is 1.22. The molecule has 5 rings (SSSR count). The molecule has 1 aliphatic rings. The van der Waals surface area contributed by atoms with Crippen molar-refractivity contribution < 1.29 is 4.79 Å². The highest BCUT2D eigenvalue weighted by Gasteiger charge is 2.28. The second-order valence-corrected chi connectivity index (χ2v) is 7.73. The van der Waals surface area contributed by atoms with Crippen molar-refractivity contribution in [1.29, 1.82) is 0 Å². The maximum absolute atomic E-state index is 13.5. The molecule has 0 atom stereocenters. The van der Waals surface area contributed by atoms with Crippen LogP contribution in [0.15, 0.2) is 73.3 Å². The van der Waals surface area contributed by atoms with Crippen LogP contribution in [0.3, 0.4) is 0 Å². The molecule has 4 aromatic rings. The van der Waals surface area contributed by atoms with E-state index in [1.54, 1.807) is 6.20 Å². The number of rotatable bonds is 7. The van der Waals surface area contributed by atoms with Crippen LogP contribution in [0.1, 0.15) is 40.5 Å². The number of aromatic nitrogens is 3. The first-order valence-electron chi connectivity index (χ1n) is 10.2. The number of fused-ring (bicyclic) bond motifs is 1. The van der Waals surface area contributed by atoms with Gasteiger partial charge in [-0.25, -0.2) is 0 Å². The maximum atomic E-state index is 13.5. The third kappa shape index (κ3) is 3.68. The summed E-state index contributed by atoms with van der Waals surface area (Å²) < 4.78 is 2.14. The lowest BCUT2D eigenvalue weighted by Gasteiger charge is -2.23. The van der Waals surface area contributed by atoms with E-state index < -0.39 is 0 Å². The van der Waals surface area contributed by atoms with Crippen LogP contribution in [0.25, 0.3) is 10.9 Å². The minimum Gasteiger partial charge on any atom is -0.361 e. The highest BCUT2D eigenvalue weighted by Crippen LogP contribution is 2.36. The van der Waals surface area contributed by atoms with Crippen LogP contribution in [0.2, 0.25) is 0 Å². The Balaban J connectivity index is 1.40. The topological polar surface area (TPSA) is 53.9 Å². The number of hydrogen-bond acceptors (Lipinski definition) is 2. The second kappa shape index (κ2) is 7.59. The van der Waals surface area contributed by atoms with Crippen molar-refractivity contribution in [3.63, 3.8) is 0 Å². The Morgan fingerprint density at radius 2 is 2.03 bits per heavy atom. The second-order valence-electron chi connectivity index (χ2n) is 7.73. The van der Waals surface area contributed by atoms with Crippen LogP contribution in [-0.4, -0.2) is 31.9 Å². The van der Waals surface area contributed by atoms with Crippen LogP contribution in [-0.2, 0) is 13.0 Å². The maximum Gasteiger partial charge on any atom is 0.270 e. The molecular weight excluding hydrogens is 360 g/mol. The predicted octanol–water partition coefficient (Wildman–Crippen LogP) is 4.58. The van der Waals surface area contributed by atoms with Crippen LogP contribution >= 0.6 is 0 Å². The van der Waals surface area contributed by atoms with E-state index in [9.17, 15) is 4.79 Å². The smallest absolute Gasteiger partial charge is 0.270 e. The number of amides is 1. The summed E-state index contributed by atoms with van der Waals surface area (Å²) in [5.74, 6) is 0.0885. The molecule has 0 radical (unpaired) electrons. The molecular formula is C24H24N4O. The quantitative estimate of drug-likeness (QED) is 0.507. The zero-order valence-corrected chi connectivity index (χ0v) is 16.3. The predicted molar refractivity (Wildman–Crippen MR) is 114 cm³/mol. The minimum absolute atomic E-state index is 0.0885. The Hall–Kier alpha value is -3.34. The van der Waals surface area contributed by atoms with Crippen molar-refractivity contribution in [2.75, 3.05) is 6.54 Å². The van der Waals surface area contributed by atoms with Gasteiger partial charge in [-0.1, -0.05) is 24.3 Å². The van der Waals surface area contributed by atoms with Gasteiger partial charge in [-0.15, -0.1) is 0 Å². The molecule has 1 aliphatic carbocycles. The molecule has 5 heteroatoms. The molecule has 3 aromatic heterocycles. The Bertz CT molecular complexity index is 1120. The lowest BCUT2D eigenvalue weighted by atomic mass is 10.1. The summed E-state index contributed by atoms with van der Waals surface area (Å²) in [6, 6.07) is 16.7. The van der Waals surface area contributed by atoms with Gasteiger partial charge in [0.15, 0.2) is 0 Å². The van der Waals surface area contributed by atoms with Crippen molar-refractivity contribution in [1.82, 2.24) is 19.4 Å². The molecule has 3 heterocycles. The number of carbonyl (C=O) groups excluding carboxylic acids is 1. The zero-order valence-electron chi connectivity index (χ0n) is 16.3. The molecule has 1 amide bonds. The third-order valence-corrected chi connectivity index (χ3v) is 5.65. The summed E-state index contributed by atoms with van der Waals surface area (Å²) in [6.07, 6.45) is 10.8. The highest BCUT2D eigenvalue weighted by atomic mass is 16.2. The molecule has 0 spiro atoms. The largest absolute Gasteiger partial charge is 0.361 e. The van der Waals surface area contributed by atoms with Gasteiger partial charge in [0.25, 0.3) is 5.91 Å². The molecule has 1 fully saturated rings. The zero-order chi connectivity index (χ0) is 19.6. The van der Waals surface area contributed by atoms with E-state index in [0.29, 0.717) is 19.1 Å². The number of hydrogen-bond donors (Lipinski definition) is 1. The van der Waals surface area contributed by atoms with Gasteiger partial charge in [0.05, 0.1) is 0 Å².